The van der Waals surface area contributed by atoms with Crippen LogP contribution in [0.4, 0.5) is 11.4 Å². The summed E-state index contributed by atoms with van der Waals surface area (Å²) in [6, 6.07) is -2.12. The number of amides is 6. The van der Waals surface area contributed by atoms with E-state index in [1.54, 1.807) is 45.2 Å². The van der Waals surface area contributed by atoms with Crippen LogP contribution >= 0.6 is 90.4 Å². The molecule has 1 atom stereocenters. The topological polar surface area (TPSA) is 299 Å². The van der Waals surface area contributed by atoms with E-state index in [0.717, 1.165) is 9.80 Å². The number of carbonyl (C=O) groups is 6. The molecule has 0 spiro atoms. The van der Waals surface area contributed by atoms with Crippen LogP contribution in [0.15, 0.2) is 0 Å². The Morgan fingerprint density at radius 3 is 1.32 bits per heavy atom. The van der Waals surface area contributed by atoms with Crippen molar-refractivity contribution in [3.63, 3.8) is 0 Å². The Balaban J connectivity index is 2.75. The molecule has 6 amide bonds. The Morgan fingerprint density at radius 1 is 0.571 bits per heavy atom. The highest BCUT2D eigenvalue weighted by Crippen LogP contribution is 2.38. The predicted molar refractivity (Wildman–Crippen MR) is 236 cm³/mol. The molecule has 23 heteroatoms. The van der Waals surface area contributed by atoms with E-state index in [0.29, 0.717) is 12.8 Å². The van der Waals surface area contributed by atoms with Crippen LogP contribution in [-0.2, 0) is 9.59 Å². The van der Waals surface area contributed by atoms with E-state index < -0.39 is 94.5 Å². The van der Waals surface area contributed by atoms with Crippen molar-refractivity contribution in [3.8, 4) is 0 Å². The summed E-state index contributed by atoms with van der Waals surface area (Å²) >= 11 is 7.19. The fraction of sp³-hybridized carbons (Fsp3) is 0.455. The molecule has 0 radical (unpaired) electrons. The number of anilines is 2. The van der Waals surface area contributed by atoms with Gasteiger partial charge in [0.15, 0.2) is 0 Å². The van der Waals surface area contributed by atoms with Gasteiger partial charge in [-0.2, -0.15) is 0 Å². The molecule has 0 fully saturated rings. The largest absolute Gasteiger partial charge is 0.395 e. The minimum absolute atomic E-state index is 0.0245. The van der Waals surface area contributed by atoms with E-state index in [-0.39, 0.29) is 72.1 Å². The minimum atomic E-state index is -1.55. The molecular weight excluding hydrogens is 1200 g/mol. The molecule has 0 saturated heterocycles. The Bertz CT molecular complexity index is 1650. The number of benzene rings is 2. The number of aliphatic hydroxyl groups excluding tert-OH is 7. The maximum Gasteiger partial charge on any atom is 0.253 e. The molecule has 56 heavy (non-hydrogen) atoms. The molecule has 0 aliphatic rings. The van der Waals surface area contributed by atoms with Crippen molar-refractivity contribution >= 4 is 138 Å². The van der Waals surface area contributed by atoms with E-state index in [4.69, 9.17) is 0 Å². The van der Waals surface area contributed by atoms with Crippen LogP contribution in [0.3, 0.4) is 0 Å². The van der Waals surface area contributed by atoms with Gasteiger partial charge in [0.05, 0.1) is 115 Å². The van der Waals surface area contributed by atoms with Crippen LogP contribution in [0.2, 0.25) is 0 Å². The molecule has 0 saturated carbocycles. The van der Waals surface area contributed by atoms with Gasteiger partial charge in [0.25, 0.3) is 23.6 Å². The second-order valence-corrected chi connectivity index (χ2v) is 16.2. The number of carbonyl (C=O) groups excluding carboxylic acids is 6. The van der Waals surface area contributed by atoms with Crippen molar-refractivity contribution in [3.05, 3.63) is 47.7 Å². The monoisotopic (exact) mass is 1240 g/mol. The Hall–Kier alpha value is -2.10. The quantitative estimate of drug-likeness (QED) is 0.0465. The summed E-state index contributed by atoms with van der Waals surface area (Å²) in [7, 11) is 0. The summed E-state index contributed by atoms with van der Waals surface area (Å²) in [4.78, 5) is 81.3. The number of rotatable bonds is 22. The zero-order valence-electron chi connectivity index (χ0n) is 29.9. The molecule has 0 aliphatic heterocycles. The standard InChI is InChI=1S/C33H42I4N6O13/c1-15-20(30(53)38-3-5-44)25(35)29(26(36)21(15)32(55)40-17(9-46)10-47)43(14-51)8-19(52)7-42(13-50)28-16(2)22(33(56)41-18(11-48)12-49)24(34)23(27(28)37)31(54)39-4-6-45/h13-14,17-19,44-49,52H,3-12H2,1-2H3,(H,38,53)(H,39,54)(H,40,55)(H,41,56). The highest BCUT2D eigenvalue weighted by Gasteiger charge is 2.33. The number of hydrogen-bond donors (Lipinski definition) is 11. The fourth-order valence-corrected chi connectivity index (χ4v) is 11.3. The lowest BCUT2D eigenvalue weighted by Gasteiger charge is -2.30. The lowest BCUT2D eigenvalue weighted by molar-refractivity contribution is -0.108. The summed E-state index contributed by atoms with van der Waals surface area (Å²) in [5, 5.41) is 78.4. The number of hydrogen-bond acceptors (Lipinski definition) is 13. The molecule has 2 aromatic rings. The molecule has 0 aromatic heterocycles. The molecule has 2 aromatic carbocycles. The fourth-order valence-electron chi connectivity index (χ4n) is 5.39. The summed E-state index contributed by atoms with van der Waals surface area (Å²) in [6.45, 7) is -1.57. The number of nitrogens with zero attached hydrogens (tertiary/aromatic N) is 2. The first-order valence-electron chi connectivity index (χ1n) is 16.5. The first-order chi connectivity index (χ1) is 26.5. The molecule has 0 bridgehead atoms. The van der Waals surface area contributed by atoms with E-state index in [9.17, 15) is 64.5 Å². The Labute approximate surface area is 375 Å². The highest BCUT2D eigenvalue weighted by molar-refractivity contribution is 14.1. The molecule has 1 unspecified atom stereocenters. The molecule has 0 heterocycles. The van der Waals surface area contributed by atoms with Gasteiger partial charge < -0.3 is 66.8 Å². The van der Waals surface area contributed by atoms with Crippen LogP contribution in [0.5, 0.6) is 0 Å². The maximum absolute atomic E-state index is 13.5. The van der Waals surface area contributed by atoms with Gasteiger partial charge >= 0.3 is 0 Å². The van der Waals surface area contributed by atoms with E-state index >= 15 is 0 Å². The van der Waals surface area contributed by atoms with Gasteiger partial charge in [0.2, 0.25) is 12.8 Å². The molecule has 0 aliphatic carbocycles. The lowest BCUT2D eigenvalue weighted by atomic mass is 9.98. The lowest BCUT2D eigenvalue weighted by Crippen LogP contribution is -2.43. The highest BCUT2D eigenvalue weighted by atomic mass is 127. The van der Waals surface area contributed by atoms with Gasteiger partial charge in [0.1, 0.15) is 0 Å². The van der Waals surface area contributed by atoms with Crippen molar-refractivity contribution in [1.82, 2.24) is 21.3 Å². The maximum atomic E-state index is 13.5. The average molecular weight is 1240 g/mol. The summed E-state index contributed by atoms with van der Waals surface area (Å²) in [5.41, 5.74) is 0.172. The SMILES string of the molecule is Cc1c(C(=O)NCCO)c(I)c(N(C=O)CC(O)CN(C=O)c2c(C)c(C(=O)NC(CO)CO)c(I)c(C(=O)NCCO)c2I)c(I)c1C(=O)NC(CO)CO. The van der Waals surface area contributed by atoms with Gasteiger partial charge in [-0.25, -0.2) is 0 Å². The third kappa shape index (κ3) is 12.0. The zero-order chi connectivity index (χ0) is 42.4. The smallest absolute Gasteiger partial charge is 0.253 e. The van der Waals surface area contributed by atoms with Gasteiger partial charge in [-0.1, -0.05) is 0 Å². The molecule has 310 valence electrons. The van der Waals surface area contributed by atoms with Crippen molar-refractivity contribution in [2.45, 2.75) is 32.0 Å². The number of halogens is 4. The zero-order valence-corrected chi connectivity index (χ0v) is 38.6. The van der Waals surface area contributed by atoms with E-state index in [1.807, 2.05) is 45.2 Å². The van der Waals surface area contributed by atoms with Crippen LogP contribution < -0.4 is 31.1 Å². The number of aliphatic hydroxyl groups is 7. The second-order valence-electron chi connectivity index (χ2n) is 11.9. The van der Waals surface area contributed by atoms with Crippen LogP contribution in [0.1, 0.15) is 52.6 Å². The Kier molecular flexibility index (Phi) is 21.5. The third-order valence-electron chi connectivity index (χ3n) is 8.10. The first kappa shape index (κ1) is 50.0. The summed E-state index contributed by atoms with van der Waals surface area (Å²) < 4.78 is 0.680. The molecule has 11 N–H and O–H groups in total. The molecular formula is C33H42I4N6O13. The average Bonchev–Trinajstić information content (AvgIpc) is 3.16. The molecule has 19 nitrogen and oxygen atoms in total. The van der Waals surface area contributed by atoms with Crippen LogP contribution in [0.25, 0.3) is 0 Å². The van der Waals surface area contributed by atoms with Crippen LogP contribution in [-0.4, -0.2) is 156 Å². The van der Waals surface area contributed by atoms with Crippen molar-refractivity contribution in [2.24, 2.45) is 0 Å². The number of nitrogens with one attached hydrogen (secondary N) is 4. The Morgan fingerprint density at radius 2 is 0.929 bits per heavy atom. The predicted octanol–water partition coefficient (Wildman–Crippen LogP) is -1.68. The van der Waals surface area contributed by atoms with Crippen molar-refractivity contribution in [1.29, 1.82) is 0 Å². The van der Waals surface area contributed by atoms with Crippen molar-refractivity contribution < 1.29 is 64.5 Å². The van der Waals surface area contributed by atoms with Gasteiger partial charge in [-0.3, -0.25) is 28.8 Å². The summed E-state index contributed by atoms with van der Waals surface area (Å²) in [5.74, 6) is -2.98. The van der Waals surface area contributed by atoms with E-state index in [2.05, 4.69) is 21.3 Å². The summed E-state index contributed by atoms with van der Waals surface area (Å²) in [6.07, 6.45) is -0.866. The van der Waals surface area contributed by atoms with Gasteiger partial charge in [-0.05, 0) is 115 Å². The molecule has 2 rings (SSSR count). The normalized spacial score (nSPS) is 11.6. The van der Waals surface area contributed by atoms with Gasteiger partial charge in [0, 0.05) is 16.7 Å². The first-order valence-corrected chi connectivity index (χ1v) is 20.8. The third-order valence-corrected chi connectivity index (χ3v) is 12.3. The van der Waals surface area contributed by atoms with Crippen molar-refractivity contribution in [2.75, 3.05) is 75.6 Å². The van der Waals surface area contributed by atoms with Gasteiger partial charge in [-0.15, -0.1) is 0 Å². The van der Waals surface area contributed by atoms with E-state index in [1.165, 1.54) is 13.8 Å². The second kappa shape index (κ2) is 24.1. The minimum Gasteiger partial charge on any atom is -0.395 e. The van der Waals surface area contributed by atoms with Crippen LogP contribution in [0, 0.1) is 28.1 Å².